The van der Waals surface area contributed by atoms with Crippen molar-refractivity contribution >= 4 is 46.0 Å². The molecule has 0 aliphatic carbocycles. The molecule has 0 N–H and O–H groups in total. The molecule has 0 saturated heterocycles. The van der Waals surface area contributed by atoms with Crippen molar-refractivity contribution in [3.8, 4) is 11.5 Å². The van der Waals surface area contributed by atoms with E-state index in [0.29, 0.717) is 27.5 Å². The number of fused-ring (bicyclic) bond motifs is 2. The molecule has 0 spiro atoms. The lowest BCUT2D eigenvalue weighted by molar-refractivity contribution is -0.139. The van der Waals surface area contributed by atoms with Crippen LogP contribution in [0, 0.1) is 0 Å². The van der Waals surface area contributed by atoms with Crippen molar-refractivity contribution < 1.29 is 23.5 Å². The molecule has 4 rings (SSSR count). The number of nitrogens with zero attached hydrogens (tertiary/aromatic N) is 2. The number of benzene rings is 2. The highest BCUT2D eigenvalue weighted by Gasteiger charge is 2.23. The summed E-state index contributed by atoms with van der Waals surface area (Å²) < 4.78 is 16.4. The maximum absolute atomic E-state index is 13.4. The van der Waals surface area contributed by atoms with Gasteiger partial charge in [-0.25, -0.2) is 0 Å². The maximum atomic E-state index is 13.4. The Balaban J connectivity index is 1.65. The monoisotopic (exact) mass is 516 g/mol. The Hall–Kier alpha value is -3.49. The number of hydrogen-bond donors (Lipinski definition) is 0. The van der Waals surface area contributed by atoms with E-state index in [1.807, 2.05) is 6.07 Å². The van der Waals surface area contributed by atoms with Crippen LogP contribution in [0.4, 0.5) is 0 Å². The third kappa shape index (κ3) is 5.61. The number of rotatable bonds is 9. The fourth-order valence-corrected chi connectivity index (χ4v) is 4.05. The fourth-order valence-electron chi connectivity index (χ4n) is 3.71. The second-order valence-electron chi connectivity index (χ2n) is 7.86. The summed E-state index contributed by atoms with van der Waals surface area (Å²) in [5.74, 6) is 0.137. The first-order valence-electron chi connectivity index (χ1n) is 10.7. The van der Waals surface area contributed by atoms with Gasteiger partial charge in [0.15, 0.2) is 16.9 Å². The molecule has 8 nitrogen and oxygen atoms in total. The number of hydrogen-bond acceptors (Lipinski definition) is 6. The summed E-state index contributed by atoms with van der Waals surface area (Å²) in [4.78, 5) is 41.5. The van der Waals surface area contributed by atoms with E-state index in [1.54, 1.807) is 24.3 Å². The van der Waals surface area contributed by atoms with E-state index in [9.17, 15) is 14.4 Å². The summed E-state index contributed by atoms with van der Waals surface area (Å²) in [7, 11) is 0. The minimum absolute atomic E-state index is 0.0466. The van der Waals surface area contributed by atoms with Crippen LogP contribution in [0.15, 0.2) is 64.5 Å². The number of amides is 2. The zero-order valence-corrected chi connectivity index (χ0v) is 20.2. The van der Waals surface area contributed by atoms with Gasteiger partial charge >= 0.3 is 0 Å². The van der Waals surface area contributed by atoms with Crippen LogP contribution in [0.1, 0.15) is 11.1 Å². The van der Waals surface area contributed by atoms with Gasteiger partial charge in [0.1, 0.15) is 18.0 Å². The van der Waals surface area contributed by atoms with Gasteiger partial charge in [-0.3, -0.25) is 14.4 Å². The van der Waals surface area contributed by atoms with Crippen LogP contribution in [0.2, 0.25) is 5.02 Å². The molecule has 1 aliphatic rings. The van der Waals surface area contributed by atoms with Gasteiger partial charge in [0.25, 0.3) is 0 Å². The lowest BCUT2D eigenvalue weighted by Crippen LogP contribution is -2.43. The van der Waals surface area contributed by atoms with Crippen LogP contribution in [0.25, 0.3) is 11.0 Å². The molecule has 1 aliphatic heterocycles. The number of ether oxygens (including phenoxy) is 2. The Morgan fingerprint density at radius 1 is 1.03 bits per heavy atom. The standard InChI is InChI=1S/C25H22Cl2N2O6/c1-2-7-28(23(30)10-26)13-24(31)29(11-16-3-5-21-22(8-16)35-15-34-21)12-17-14-33-20-6-4-18(27)9-19(20)25(17)32/h2-6,8-9,14H,1,7,10-13,15H2. The van der Waals surface area contributed by atoms with Gasteiger partial charge < -0.3 is 23.7 Å². The first-order valence-corrected chi connectivity index (χ1v) is 11.6. The predicted molar refractivity (Wildman–Crippen MR) is 132 cm³/mol. The van der Waals surface area contributed by atoms with Crippen LogP contribution in [-0.4, -0.2) is 47.4 Å². The Bertz CT molecular complexity index is 1340. The molecular formula is C25H22Cl2N2O6. The minimum Gasteiger partial charge on any atom is -0.464 e. The van der Waals surface area contributed by atoms with Crippen LogP contribution >= 0.6 is 23.2 Å². The Kier molecular flexibility index (Phi) is 7.63. The van der Waals surface area contributed by atoms with Gasteiger partial charge in [-0.2, -0.15) is 0 Å². The summed E-state index contributed by atoms with van der Waals surface area (Å²) >= 11 is 11.8. The first kappa shape index (κ1) is 24.6. The van der Waals surface area contributed by atoms with Crippen molar-refractivity contribution in [2.24, 2.45) is 0 Å². The number of carbonyl (C=O) groups is 2. The molecule has 0 saturated carbocycles. The summed E-state index contributed by atoms with van der Waals surface area (Å²) in [6.45, 7) is 3.79. The Morgan fingerprint density at radius 2 is 1.83 bits per heavy atom. The topological polar surface area (TPSA) is 89.3 Å². The molecule has 10 heteroatoms. The number of carbonyl (C=O) groups excluding carboxylic acids is 2. The van der Waals surface area contributed by atoms with E-state index < -0.39 is 5.91 Å². The Labute approximate surface area is 211 Å². The highest BCUT2D eigenvalue weighted by Crippen LogP contribution is 2.33. The third-order valence-corrected chi connectivity index (χ3v) is 5.94. The lowest BCUT2D eigenvalue weighted by Gasteiger charge is -2.27. The van der Waals surface area contributed by atoms with Crippen molar-refractivity contribution in [1.82, 2.24) is 9.80 Å². The third-order valence-electron chi connectivity index (χ3n) is 5.47. The number of alkyl halides is 1. The van der Waals surface area contributed by atoms with Crippen molar-refractivity contribution in [3.05, 3.63) is 81.7 Å². The first-order chi connectivity index (χ1) is 16.9. The van der Waals surface area contributed by atoms with Crippen molar-refractivity contribution in [3.63, 3.8) is 0 Å². The van der Waals surface area contributed by atoms with Gasteiger partial charge in [-0.1, -0.05) is 23.7 Å². The zero-order valence-electron chi connectivity index (χ0n) is 18.7. The molecule has 2 heterocycles. The molecule has 1 aromatic heterocycles. The average molecular weight is 517 g/mol. The summed E-state index contributed by atoms with van der Waals surface area (Å²) in [6, 6.07) is 10.1. The predicted octanol–water partition coefficient (Wildman–Crippen LogP) is 3.96. The van der Waals surface area contributed by atoms with E-state index in [0.717, 1.165) is 5.56 Å². The van der Waals surface area contributed by atoms with Crippen LogP contribution < -0.4 is 14.9 Å². The highest BCUT2D eigenvalue weighted by atomic mass is 35.5. The summed E-state index contributed by atoms with van der Waals surface area (Å²) in [5, 5.41) is 0.714. The van der Waals surface area contributed by atoms with E-state index in [2.05, 4.69) is 6.58 Å². The zero-order chi connectivity index (χ0) is 24.9. The molecule has 0 fully saturated rings. The van der Waals surface area contributed by atoms with Crippen LogP contribution in [0.5, 0.6) is 11.5 Å². The average Bonchev–Trinajstić information content (AvgIpc) is 3.32. The van der Waals surface area contributed by atoms with Crippen molar-refractivity contribution in [2.75, 3.05) is 25.8 Å². The van der Waals surface area contributed by atoms with E-state index in [4.69, 9.17) is 37.1 Å². The van der Waals surface area contributed by atoms with E-state index in [-0.39, 0.29) is 55.8 Å². The van der Waals surface area contributed by atoms with Gasteiger partial charge in [-0.05, 0) is 35.9 Å². The summed E-state index contributed by atoms with van der Waals surface area (Å²) in [5.41, 5.74) is 1.13. The van der Waals surface area contributed by atoms with Crippen molar-refractivity contribution in [2.45, 2.75) is 13.1 Å². The van der Waals surface area contributed by atoms with Crippen molar-refractivity contribution in [1.29, 1.82) is 0 Å². The second kappa shape index (κ2) is 10.8. The van der Waals surface area contributed by atoms with E-state index in [1.165, 1.54) is 28.2 Å². The highest BCUT2D eigenvalue weighted by molar-refractivity contribution is 6.31. The lowest BCUT2D eigenvalue weighted by atomic mass is 10.1. The van der Waals surface area contributed by atoms with Crippen LogP contribution in [-0.2, 0) is 22.7 Å². The number of halogens is 2. The van der Waals surface area contributed by atoms with Gasteiger partial charge in [0, 0.05) is 18.1 Å². The largest absolute Gasteiger partial charge is 0.464 e. The van der Waals surface area contributed by atoms with Crippen LogP contribution in [0.3, 0.4) is 0 Å². The Morgan fingerprint density at radius 3 is 2.60 bits per heavy atom. The molecule has 0 bridgehead atoms. The quantitative estimate of drug-likeness (QED) is 0.316. The molecule has 2 aromatic carbocycles. The fraction of sp³-hybridized carbons (Fsp3) is 0.240. The SMILES string of the molecule is C=CCN(CC(=O)N(Cc1ccc2c(c1)OCO2)Cc1coc2ccc(Cl)cc2c1=O)C(=O)CCl. The molecular weight excluding hydrogens is 495 g/mol. The van der Waals surface area contributed by atoms with Gasteiger partial charge in [-0.15, -0.1) is 18.2 Å². The molecule has 0 atom stereocenters. The molecule has 182 valence electrons. The van der Waals surface area contributed by atoms with Gasteiger partial charge in [0.05, 0.1) is 23.8 Å². The normalized spacial score (nSPS) is 11.9. The molecule has 0 unspecified atom stereocenters. The maximum Gasteiger partial charge on any atom is 0.242 e. The molecule has 35 heavy (non-hydrogen) atoms. The smallest absolute Gasteiger partial charge is 0.242 e. The molecule has 2 amide bonds. The second-order valence-corrected chi connectivity index (χ2v) is 8.57. The van der Waals surface area contributed by atoms with E-state index >= 15 is 0 Å². The minimum atomic E-state index is -0.400. The molecule has 3 aromatic rings. The van der Waals surface area contributed by atoms with Gasteiger partial charge in [0.2, 0.25) is 18.6 Å². The summed E-state index contributed by atoms with van der Waals surface area (Å²) in [6.07, 6.45) is 2.85. The molecule has 0 radical (unpaired) electrons.